The van der Waals surface area contributed by atoms with Gasteiger partial charge in [0.25, 0.3) is 0 Å². The molecule has 4 saturated carbocycles. The average molecular weight is 427 g/mol. The molecule has 4 rings (SSSR count). The molecule has 4 aliphatic carbocycles. The summed E-state index contributed by atoms with van der Waals surface area (Å²) >= 11 is 0. The van der Waals surface area contributed by atoms with Gasteiger partial charge < -0.3 is 0 Å². The molecule has 0 aliphatic heterocycles. The van der Waals surface area contributed by atoms with Crippen molar-refractivity contribution in [1.82, 2.24) is 0 Å². The van der Waals surface area contributed by atoms with Gasteiger partial charge in [0.05, 0.1) is 6.10 Å². The van der Waals surface area contributed by atoms with Crippen molar-refractivity contribution in [1.29, 1.82) is 0 Å². The molecule has 0 radical (unpaired) electrons. The zero-order valence-electron chi connectivity index (χ0n) is 18.9. The van der Waals surface area contributed by atoms with Crippen LogP contribution in [0.2, 0.25) is 0 Å². The van der Waals surface area contributed by atoms with Gasteiger partial charge in [0.1, 0.15) is 0 Å². The molecule has 0 bridgehead atoms. The molecule has 5 heteroatoms. The number of fused-ring (bicyclic) bond motifs is 5. The molecule has 0 aromatic carbocycles. The summed E-state index contributed by atoms with van der Waals surface area (Å²) in [5.41, 5.74) is 0.973. The second-order valence-electron chi connectivity index (χ2n) is 11.7. The predicted molar refractivity (Wildman–Crippen MR) is 116 cm³/mol. The molecule has 1 N–H and O–H groups in total. The SMILES string of the molecule is CC(C[C@@H](C)[C@H]1CCC2C3CCC4CCCC[C@]4(C)C3CC[C@@]21C)OS(=O)(=O)O. The number of rotatable bonds is 5. The van der Waals surface area contributed by atoms with Crippen molar-refractivity contribution >= 4 is 10.4 Å². The van der Waals surface area contributed by atoms with Gasteiger partial charge in [-0.15, -0.1) is 0 Å². The first kappa shape index (κ1) is 22.1. The third-order valence-electron chi connectivity index (χ3n) is 10.3. The molecule has 0 aromatic heterocycles. The molecule has 29 heavy (non-hydrogen) atoms. The summed E-state index contributed by atoms with van der Waals surface area (Å²) in [6.45, 7) is 9.22. The van der Waals surface area contributed by atoms with Crippen LogP contribution in [-0.4, -0.2) is 19.1 Å². The Bertz CT molecular complexity index is 706. The highest BCUT2D eigenvalue weighted by Crippen LogP contribution is 2.68. The van der Waals surface area contributed by atoms with E-state index in [0.717, 1.165) is 23.7 Å². The minimum Gasteiger partial charge on any atom is -0.264 e. The normalized spacial score (nSPS) is 47.0. The molecule has 0 aromatic rings. The lowest BCUT2D eigenvalue weighted by atomic mass is 9.44. The van der Waals surface area contributed by atoms with E-state index in [4.69, 9.17) is 8.74 Å². The van der Waals surface area contributed by atoms with Crippen molar-refractivity contribution in [2.75, 3.05) is 0 Å². The predicted octanol–water partition coefficient (Wildman–Crippen LogP) is 6.27. The van der Waals surface area contributed by atoms with Crippen LogP contribution in [0, 0.1) is 46.3 Å². The van der Waals surface area contributed by atoms with E-state index in [0.29, 0.717) is 29.1 Å². The van der Waals surface area contributed by atoms with Crippen LogP contribution in [0.15, 0.2) is 0 Å². The first-order valence-electron chi connectivity index (χ1n) is 12.2. The Morgan fingerprint density at radius 1 is 0.931 bits per heavy atom. The van der Waals surface area contributed by atoms with E-state index in [1.165, 1.54) is 64.2 Å². The van der Waals surface area contributed by atoms with Gasteiger partial charge in [-0.3, -0.25) is 4.55 Å². The summed E-state index contributed by atoms with van der Waals surface area (Å²) < 4.78 is 36.0. The Balaban J connectivity index is 1.48. The van der Waals surface area contributed by atoms with Crippen LogP contribution < -0.4 is 0 Å². The van der Waals surface area contributed by atoms with Crippen LogP contribution >= 0.6 is 0 Å². The zero-order valence-corrected chi connectivity index (χ0v) is 19.7. The maximum Gasteiger partial charge on any atom is 0.397 e. The van der Waals surface area contributed by atoms with Crippen LogP contribution in [-0.2, 0) is 14.6 Å². The van der Waals surface area contributed by atoms with Crippen molar-refractivity contribution < 1.29 is 17.2 Å². The van der Waals surface area contributed by atoms with Crippen molar-refractivity contribution in [2.45, 2.75) is 104 Å². The van der Waals surface area contributed by atoms with E-state index >= 15 is 0 Å². The highest BCUT2D eigenvalue weighted by Gasteiger charge is 2.60. The third-order valence-corrected chi connectivity index (χ3v) is 10.9. The lowest BCUT2D eigenvalue weighted by Gasteiger charge is -2.61. The Morgan fingerprint density at radius 2 is 1.66 bits per heavy atom. The first-order chi connectivity index (χ1) is 13.5. The summed E-state index contributed by atoms with van der Waals surface area (Å²) in [7, 11) is -4.37. The largest absolute Gasteiger partial charge is 0.397 e. The van der Waals surface area contributed by atoms with E-state index in [-0.39, 0.29) is 0 Å². The topological polar surface area (TPSA) is 63.6 Å². The van der Waals surface area contributed by atoms with E-state index in [1.54, 1.807) is 6.92 Å². The Morgan fingerprint density at radius 3 is 2.38 bits per heavy atom. The second kappa shape index (κ2) is 7.78. The standard InChI is InChI=1S/C24H42O4S/c1-16(15-17(2)28-29(25,26)27)20-10-11-21-19-9-8-18-7-5-6-13-23(18,3)22(19)12-14-24(20,21)4/h16-22H,5-15H2,1-4H3,(H,25,26,27)/t16-,17?,18?,19?,20-,21?,22?,23+,24-/m1/s1. The van der Waals surface area contributed by atoms with Crippen LogP contribution in [0.4, 0.5) is 0 Å². The molecular weight excluding hydrogens is 384 g/mol. The molecule has 9 atom stereocenters. The van der Waals surface area contributed by atoms with E-state index in [1.807, 2.05) is 0 Å². The van der Waals surface area contributed by atoms with Crippen molar-refractivity contribution in [3.8, 4) is 0 Å². The fraction of sp³-hybridized carbons (Fsp3) is 1.00. The van der Waals surface area contributed by atoms with E-state index < -0.39 is 16.5 Å². The van der Waals surface area contributed by atoms with Gasteiger partial charge in [0.2, 0.25) is 0 Å². The van der Waals surface area contributed by atoms with Gasteiger partial charge in [0.15, 0.2) is 0 Å². The summed E-state index contributed by atoms with van der Waals surface area (Å²) in [6.07, 6.45) is 14.3. The Hall–Kier alpha value is -0.130. The Kier molecular flexibility index (Phi) is 5.92. The molecule has 4 fully saturated rings. The summed E-state index contributed by atoms with van der Waals surface area (Å²) in [5, 5.41) is 0. The van der Waals surface area contributed by atoms with E-state index in [9.17, 15) is 8.42 Å². The minimum atomic E-state index is -4.37. The van der Waals surface area contributed by atoms with Crippen LogP contribution in [0.5, 0.6) is 0 Å². The summed E-state index contributed by atoms with van der Waals surface area (Å²) in [6, 6.07) is 0. The molecule has 168 valence electrons. The van der Waals surface area contributed by atoms with Gasteiger partial charge in [-0.1, -0.05) is 33.6 Å². The molecule has 5 unspecified atom stereocenters. The maximum absolute atomic E-state index is 11.1. The van der Waals surface area contributed by atoms with Crippen LogP contribution in [0.25, 0.3) is 0 Å². The smallest absolute Gasteiger partial charge is 0.264 e. The zero-order chi connectivity index (χ0) is 21.0. The molecule has 4 aliphatic rings. The number of hydrogen-bond donors (Lipinski definition) is 1. The molecular formula is C24H42O4S. The van der Waals surface area contributed by atoms with Crippen molar-refractivity contribution in [3.63, 3.8) is 0 Å². The summed E-state index contributed by atoms with van der Waals surface area (Å²) in [4.78, 5) is 0. The average Bonchev–Trinajstić information content (AvgIpc) is 2.96. The number of hydrogen-bond acceptors (Lipinski definition) is 3. The monoisotopic (exact) mass is 426 g/mol. The Labute approximate surface area is 178 Å². The molecule has 0 spiro atoms. The van der Waals surface area contributed by atoms with E-state index in [2.05, 4.69) is 20.8 Å². The van der Waals surface area contributed by atoms with Gasteiger partial charge in [0, 0.05) is 0 Å². The molecule has 0 amide bonds. The van der Waals surface area contributed by atoms with Gasteiger partial charge in [-0.25, -0.2) is 4.18 Å². The fourth-order valence-electron chi connectivity index (χ4n) is 9.21. The van der Waals surface area contributed by atoms with Crippen LogP contribution in [0.3, 0.4) is 0 Å². The minimum absolute atomic E-state index is 0.385. The molecule has 0 heterocycles. The third kappa shape index (κ3) is 3.93. The quantitative estimate of drug-likeness (QED) is 0.526. The lowest BCUT2D eigenvalue weighted by molar-refractivity contribution is -0.114. The van der Waals surface area contributed by atoms with Crippen molar-refractivity contribution in [3.05, 3.63) is 0 Å². The van der Waals surface area contributed by atoms with Gasteiger partial charge in [-0.05, 0) is 111 Å². The summed E-state index contributed by atoms with van der Waals surface area (Å²) in [5.74, 6) is 4.69. The van der Waals surface area contributed by atoms with Gasteiger partial charge >= 0.3 is 10.4 Å². The fourth-order valence-corrected chi connectivity index (χ4v) is 9.70. The molecule has 0 saturated heterocycles. The molecule has 4 nitrogen and oxygen atoms in total. The lowest BCUT2D eigenvalue weighted by Crippen LogP contribution is -2.53. The highest BCUT2D eigenvalue weighted by molar-refractivity contribution is 7.80. The van der Waals surface area contributed by atoms with Gasteiger partial charge in [-0.2, -0.15) is 8.42 Å². The van der Waals surface area contributed by atoms with Crippen LogP contribution in [0.1, 0.15) is 98.3 Å². The maximum atomic E-state index is 11.1. The first-order valence-corrected chi connectivity index (χ1v) is 13.6. The van der Waals surface area contributed by atoms with Crippen molar-refractivity contribution in [2.24, 2.45) is 46.3 Å². The second-order valence-corrected chi connectivity index (χ2v) is 12.7. The highest BCUT2D eigenvalue weighted by atomic mass is 32.3.